The normalized spacial score (nSPS) is 10.6. The fraction of sp³-hybridized carbons (Fsp3) is 0.500. The van der Waals surface area contributed by atoms with Gasteiger partial charge in [0.2, 0.25) is 0 Å². The number of halogens is 2. The fourth-order valence-electron chi connectivity index (χ4n) is 1.82. The zero-order chi connectivity index (χ0) is 14.4. The van der Waals surface area contributed by atoms with Gasteiger partial charge in [-0.05, 0) is 37.9 Å². The van der Waals surface area contributed by atoms with Gasteiger partial charge >= 0.3 is 0 Å². The van der Waals surface area contributed by atoms with Crippen molar-refractivity contribution in [3.8, 4) is 0 Å². The van der Waals surface area contributed by atoms with Gasteiger partial charge in [0.1, 0.15) is 17.2 Å². The van der Waals surface area contributed by atoms with Crippen molar-refractivity contribution in [2.45, 2.75) is 26.2 Å². The Bertz CT molecular complexity index is 449. The highest BCUT2D eigenvalue weighted by atomic mass is 19.1. The fourth-order valence-corrected chi connectivity index (χ4v) is 1.82. The molecule has 0 aliphatic rings. The monoisotopic (exact) mass is 270 g/mol. The predicted molar refractivity (Wildman–Crippen MR) is 71.0 cm³/mol. The lowest BCUT2D eigenvalue weighted by atomic mass is 10.1. The number of benzene rings is 1. The predicted octanol–water partition coefficient (Wildman–Crippen LogP) is 2.47. The number of nitrogens with zero attached hydrogens (tertiary/aromatic N) is 1. The molecule has 0 aromatic heterocycles. The molecule has 1 rings (SSSR count). The van der Waals surface area contributed by atoms with Crippen LogP contribution in [0, 0.1) is 18.6 Å². The van der Waals surface area contributed by atoms with Crippen LogP contribution in [0.15, 0.2) is 12.1 Å². The summed E-state index contributed by atoms with van der Waals surface area (Å²) in [6.45, 7) is 2.58. The maximum Gasteiger partial charge on any atom is 0.259 e. The minimum Gasteiger partial charge on any atom is -0.342 e. The summed E-state index contributed by atoms with van der Waals surface area (Å²) in [7, 11) is 1.55. The van der Waals surface area contributed by atoms with Gasteiger partial charge in [0.15, 0.2) is 0 Å². The lowest BCUT2D eigenvalue weighted by molar-refractivity contribution is 0.0782. The van der Waals surface area contributed by atoms with E-state index in [1.807, 2.05) is 0 Å². The number of hydrogen-bond acceptors (Lipinski definition) is 2. The van der Waals surface area contributed by atoms with E-state index in [2.05, 4.69) is 0 Å². The summed E-state index contributed by atoms with van der Waals surface area (Å²) >= 11 is 0. The summed E-state index contributed by atoms with van der Waals surface area (Å²) in [6.07, 6.45) is 2.55. The number of rotatable bonds is 6. The third kappa shape index (κ3) is 3.99. The Hall–Kier alpha value is -1.49. The summed E-state index contributed by atoms with van der Waals surface area (Å²) < 4.78 is 27.4. The largest absolute Gasteiger partial charge is 0.342 e. The van der Waals surface area contributed by atoms with Crippen molar-refractivity contribution in [1.29, 1.82) is 0 Å². The Morgan fingerprint density at radius 1 is 1.26 bits per heavy atom. The lowest BCUT2D eigenvalue weighted by Crippen LogP contribution is -2.29. The molecule has 0 unspecified atom stereocenters. The Labute approximate surface area is 112 Å². The topological polar surface area (TPSA) is 46.3 Å². The van der Waals surface area contributed by atoms with Crippen LogP contribution < -0.4 is 5.73 Å². The van der Waals surface area contributed by atoms with E-state index in [0.29, 0.717) is 13.1 Å². The van der Waals surface area contributed by atoms with Gasteiger partial charge < -0.3 is 10.6 Å². The van der Waals surface area contributed by atoms with Crippen molar-refractivity contribution >= 4 is 5.91 Å². The van der Waals surface area contributed by atoms with Gasteiger partial charge in [0.05, 0.1) is 0 Å². The zero-order valence-corrected chi connectivity index (χ0v) is 11.4. The first kappa shape index (κ1) is 15.6. The minimum absolute atomic E-state index is 0.265. The van der Waals surface area contributed by atoms with Gasteiger partial charge in [0, 0.05) is 13.6 Å². The third-order valence-electron chi connectivity index (χ3n) is 3.04. The lowest BCUT2D eigenvalue weighted by Gasteiger charge is -2.18. The van der Waals surface area contributed by atoms with E-state index in [9.17, 15) is 13.6 Å². The van der Waals surface area contributed by atoms with E-state index in [1.165, 1.54) is 17.9 Å². The summed E-state index contributed by atoms with van der Waals surface area (Å²) in [5.41, 5.74) is 5.17. The first-order valence-corrected chi connectivity index (χ1v) is 6.39. The molecule has 5 heteroatoms. The Kier molecular flexibility index (Phi) is 5.89. The van der Waals surface area contributed by atoms with Crippen molar-refractivity contribution in [3.63, 3.8) is 0 Å². The van der Waals surface area contributed by atoms with Crippen molar-refractivity contribution in [2.75, 3.05) is 20.1 Å². The quantitative estimate of drug-likeness (QED) is 0.807. The van der Waals surface area contributed by atoms with Crippen molar-refractivity contribution in [2.24, 2.45) is 5.73 Å². The number of hydrogen-bond donors (Lipinski definition) is 1. The molecule has 1 aromatic rings. The van der Waals surface area contributed by atoms with Gasteiger partial charge in [-0.15, -0.1) is 0 Å². The Balaban J connectivity index is 2.74. The zero-order valence-electron chi connectivity index (χ0n) is 11.4. The third-order valence-corrected chi connectivity index (χ3v) is 3.04. The van der Waals surface area contributed by atoms with Gasteiger partial charge in [-0.25, -0.2) is 8.78 Å². The van der Waals surface area contributed by atoms with Crippen LogP contribution in [0.4, 0.5) is 8.78 Å². The van der Waals surface area contributed by atoms with Gasteiger partial charge in [-0.1, -0.05) is 12.5 Å². The van der Waals surface area contributed by atoms with E-state index in [1.54, 1.807) is 7.05 Å². The average Bonchev–Trinajstić information content (AvgIpc) is 2.39. The van der Waals surface area contributed by atoms with Crippen LogP contribution >= 0.6 is 0 Å². The van der Waals surface area contributed by atoms with E-state index in [-0.39, 0.29) is 5.56 Å². The molecule has 0 spiro atoms. The molecule has 0 saturated carbocycles. The molecule has 1 amide bonds. The maximum absolute atomic E-state index is 13.8. The highest BCUT2D eigenvalue weighted by Gasteiger charge is 2.21. The van der Waals surface area contributed by atoms with Crippen LogP contribution in [0.3, 0.4) is 0 Å². The van der Waals surface area contributed by atoms with Crippen molar-refractivity contribution in [3.05, 3.63) is 34.9 Å². The molecule has 0 aliphatic carbocycles. The molecule has 0 bridgehead atoms. The van der Waals surface area contributed by atoms with E-state index in [0.717, 1.165) is 25.3 Å². The van der Waals surface area contributed by atoms with E-state index in [4.69, 9.17) is 5.73 Å². The standard InChI is InChI=1S/C14H20F2N2O/c1-10-6-7-11(15)12(13(10)16)14(19)18(2)9-5-3-4-8-17/h6-7H,3-5,8-9,17H2,1-2H3. The van der Waals surface area contributed by atoms with Crippen molar-refractivity contribution in [1.82, 2.24) is 4.90 Å². The molecule has 106 valence electrons. The maximum atomic E-state index is 13.8. The number of aryl methyl sites for hydroxylation is 1. The Morgan fingerprint density at radius 3 is 2.58 bits per heavy atom. The number of nitrogens with two attached hydrogens (primary N) is 1. The second-order valence-electron chi connectivity index (χ2n) is 4.63. The Morgan fingerprint density at radius 2 is 1.95 bits per heavy atom. The molecule has 2 N–H and O–H groups in total. The minimum atomic E-state index is -0.818. The van der Waals surface area contributed by atoms with Crippen LogP contribution in [0.25, 0.3) is 0 Å². The number of unbranched alkanes of at least 4 members (excludes halogenated alkanes) is 2. The van der Waals surface area contributed by atoms with Crippen LogP contribution in [0.1, 0.15) is 35.2 Å². The molecule has 19 heavy (non-hydrogen) atoms. The first-order valence-electron chi connectivity index (χ1n) is 6.39. The number of amides is 1. The first-order chi connectivity index (χ1) is 8.99. The molecule has 0 fully saturated rings. The summed E-state index contributed by atoms with van der Waals surface area (Å²) in [4.78, 5) is 13.4. The summed E-state index contributed by atoms with van der Waals surface area (Å²) in [5.74, 6) is -2.22. The van der Waals surface area contributed by atoms with Gasteiger partial charge in [-0.3, -0.25) is 4.79 Å². The second-order valence-corrected chi connectivity index (χ2v) is 4.63. The number of carbonyl (C=O) groups excluding carboxylic acids is 1. The molecular weight excluding hydrogens is 250 g/mol. The highest BCUT2D eigenvalue weighted by Crippen LogP contribution is 2.18. The van der Waals surface area contributed by atoms with E-state index < -0.39 is 23.1 Å². The van der Waals surface area contributed by atoms with Gasteiger partial charge in [-0.2, -0.15) is 0 Å². The second kappa shape index (κ2) is 7.19. The van der Waals surface area contributed by atoms with Crippen LogP contribution in [0.5, 0.6) is 0 Å². The van der Waals surface area contributed by atoms with Crippen LogP contribution in [-0.2, 0) is 0 Å². The number of carbonyl (C=O) groups is 1. The molecule has 0 radical (unpaired) electrons. The van der Waals surface area contributed by atoms with Crippen LogP contribution in [0.2, 0.25) is 0 Å². The average molecular weight is 270 g/mol. The molecule has 0 heterocycles. The molecular formula is C14H20F2N2O. The molecule has 0 aliphatic heterocycles. The smallest absolute Gasteiger partial charge is 0.259 e. The SMILES string of the molecule is Cc1ccc(F)c(C(=O)N(C)CCCCCN)c1F. The molecule has 1 aromatic carbocycles. The molecule has 0 saturated heterocycles. The molecule has 3 nitrogen and oxygen atoms in total. The summed E-state index contributed by atoms with van der Waals surface area (Å²) in [5, 5.41) is 0. The van der Waals surface area contributed by atoms with Crippen molar-refractivity contribution < 1.29 is 13.6 Å². The van der Waals surface area contributed by atoms with Crippen LogP contribution in [-0.4, -0.2) is 30.9 Å². The highest BCUT2D eigenvalue weighted by molar-refractivity contribution is 5.94. The van der Waals surface area contributed by atoms with E-state index >= 15 is 0 Å². The van der Waals surface area contributed by atoms with Gasteiger partial charge in [0.25, 0.3) is 5.91 Å². The summed E-state index contributed by atoms with van der Waals surface area (Å²) in [6, 6.07) is 2.44. The molecule has 0 atom stereocenters.